The summed E-state index contributed by atoms with van der Waals surface area (Å²) in [4.78, 5) is 18.1. The predicted molar refractivity (Wildman–Crippen MR) is 50.1 cm³/mol. The van der Waals surface area contributed by atoms with Gasteiger partial charge in [-0.3, -0.25) is 4.79 Å². The third-order valence-electron chi connectivity index (χ3n) is 1.61. The van der Waals surface area contributed by atoms with Crippen molar-refractivity contribution in [2.24, 2.45) is 0 Å². The predicted octanol–water partition coefficient (Wildman–Crippen LogP) is 1.69. The molecule has 60 valence electrons. The van der Waals surface area contributed by atoms with Crippen LogP contribution in [0.1, 0.15) is 0 Å². The lowest BCUT2D eigenvalue weighted by Gasteiger charge is -1.95. The molecule has 0 aromatic carbocycles. The molecule has 1 N–H and O–H groups in total. The first kappa shape index (κ1) is 7.49. The van der Waals surface area contributed by atoms with Crippen molar-refractivity contribution in [2.45, 2.75) is 0 Å². The van der Waals surface area contributed by atoms with Crippen molar-refractivity contribution in [3.63, 3.8) is 0 Å². The van der Waals surface area contributed by atoms with E-state index in [1.165, 1.54) is 6.07 Å². The lowest BCUT2D eigenvalue weighted by Crippen LogP contribution is -2.00. The van der Waals surface area contributed by atoms with Gasteiger partial charge < -0.3 is 4.98 Å². The number of nitrogens with one attached hydrogen (secondary N) is 1. The number of aromatic amines is 1. The first-order valence-electron chi connectivity index (χ1n) is 3.40. The lowest BCUT2D eigenvalue weighted by atomic mass is 10.3. The molecule has 2 aromatic heterocycles. The fourth-order valence-corrected chi connectivity index (χ4v) is 1.37. The smallest absolute Gasteiger partial charge is 0.190 e. The second kappa shape index (κ2) is 2.71. The second-order valence-corrected chi connectivity index (χ2v) is 3.21. The summed E-state index contributed by atoms with van der Waals surface area (Å²) in [6, 6.07) is 3.26. The fourth-order valence-electron chi connectivity index (χ4n) is 1.04. The van der Waals surface area contributed by atoms with Crippen LogP contribution in [-0.2, 0) is 0 Å². The Kier molecular flexibility index (Phi) is 1.69. The number of hydrogen-bond acceptors (Lipinski definition) is 2. The van der Waals surface area contributed by atoms with Gasteiger partial charge in [-0.25, -0.2) is 4.98 Å². The van der Waals surface area contributed by atoms with E-state index in [2.05, 4.69) is 25.9 Å². The molecule has 0 amide bonds. The molecule has 0 bridgehead atoms. The Hall–Kier alpha value is -1.16. The molecule has 0 unspecified atom stereocenters. The molecule has 0 fully saturated rings. The molecule has 12 heavy (non-hydrogen) atoms. The van der Waals surface area contributed by atoms with Crippen LogP contribution >= 0.6 is 15.9 Å². The Morgan fingerprint density at radius 3 is 3.17 bits per heavy atom. The highest BCUT2D eigenvalue weighted by Gasteiger charge is 1.97. The topological polar surface area (TPSA) is 45.8 Å². The Labute approximate surface area is 76.6 Å². The van der Waals surface area contributed by atoms with Crippen LogP contribution in [0.25, 0.3) is 10.9 Å². The Balaban J connectivity index is 2.96. The number of aromatic nitrogens is 2. The number of pyridine rings is 2. The fraction of sp³-hybridized carbons (Fsp3) is 0. The van der Waals surface area contributed by atoms with Crippen molar-refractivity contribution in [3.8, 4) is 0 Å². The van der Waals surface area contributed by atoms with E-state index in [0.717, 1.165) is 10.1 Å². The molecule has 0 spiro atoms. The van der Waals surface area contributed by atoms with Crippen LogP contribution in [0.3, 0.4) is 0 Å². The molecule has 2 rings (SSSR count). The van der Waals surface area contributed by atoms with Crippen LogP contribution in [0, 0.1) is 0 Å². The van der Waals surface area contributed by atoms with Gasteiger partial charge in [0.1, 0.15) is 4.60 Å². The van der Waals surface area contributed by atoms with Crippen LogP contribution in [0.4, 0.5) is 0 Å². The average molecular weight is 225 g/mol. The molecule has 0 saturated heterocycles. The van der Waals surface area contributed by atoms with Crippen molar-refractivity contribution in [2.75, 3.05) is 0 Å². The van der Waals surface area contributed by atoms with Gasteiger partial charge in [0, 0.05) is 18.5 Å². The van der Waals surface area contributed by atoms with E-state index in [-0.39, 0.29) is 5.43 Å². The van der Waals surface area contributed by atoms with Gasteiger partial charge in [0.2, 0.25) is 0 Å². The van der Waals surface area contributed by atoms with Gasteiger partial charge in [-0.1, -0.05) is 0 Å². The SMILES string of the molecule is O=c1cc[nH]c2cc(Br)ncc12. The summed E-state index contributed by atoms with van der Waals surface area (Å²) in [6.07, 6.45) is 3.18. The van der Waals surface area contributed by atoms with Crippen LogP contribution in [0.5, 0.6) is 0 Å². The Morgan fingerprint density at radius 2 is 2.33 bits per heavy atom. The summed E-state index contributed by atoms with van der Waals surface area (Å²) in [5, 5.41) is 0.612. The summed E-state index contributed by atoms with van der Waals surface area (Å²) < 4.78 is 0.719. The maximum Gasteiger partial charge on any atom is 0.190 e. The molecule has 0 radical (unpaired) electrons. The number of fused-ring (bicyclic) bond motifs is 1. The van der Waals surface area contributed by atoms with Gasteiger partial charge >= 0.3 is 0 Å². The average Bonchev–Trinajstić information content (AvgIpc) is 2.04. The van der Waals surface area contributed by atoms with E-state index < -0.39 is 0 Å². The maximum atomic E-state index is 11.2. The molecular formula is C8H5BrN2O. The number of rotatable bonds is 0. The molecule has 2 aromatic rings. The minimum atomic E-state index is -0.0104. The van der Waals surface area contributed by atoms with Crippen molar-refractivity contribution in [1.29, 1.82) is 0 Å². The first-order chi connectivity index (χ1) is 5.77. The van der Waals surface area contributed by atoms with Gasteiger partial charge in [0.25, 0.3) is 0 Å². The van der Waals surface area contributed by atoms with E-state index in [1.807, 2.05) is 0 Å². The lowest BCUT2D eigenvalue weighted by molar-refractivity contribution is 1.27. The third-order valence-corrected chi connectivity index (χ3v) is 2.04. The number of halogens is 1. The van der Waals surface area contributed by atoms with Gasteiger partial charge in [-0.15, -0.1) is 0 Å². The zero-order valence-corrected chi connectivity index (χ0v) is 7.63. The largest absolute Gasteiger partial charge is 0.361 e. The second-order valence-electron chi connectivity index (χ2n) is 2.39. The molecule has 2 heterocycles. The van der Waals surface area contributed by atoms with Crippen molar-refractivity contribution in [3.05, 3.63) is 39.4 Å². The monoisotopic (exact) mass is 224 g/mol. The minimum Gasteiger partial charge on any atom is -0.361 e. The third kappa shape index (κ3) is 1.14. The molecule has 0 aliphatic carbocycles. The molecule has 0 aliphatic rings. The highest BCUT2D eigenvalue weighted by Crippen LogP contribution is 2.10. The summed E-state index contributed by atoms with van der Waals surface area (Å²) in [6.45, 7) is 0. The van der Waals surface area contributed by atoms with Crippen LogP contribution < -0.4 is 5.43 Å². The molecular weight excluding hydrogens is 220 g/mol. The van der Waals surface area contributed by atoms with E-state index in [4.69, 9.17) is 0 Å². The van der Waals surface area contributed by atoms with E-state index in [0.29, 0.717) is 5.39 Å². The Bertz CT molecular complexity index is 478. The van der Waals surface area contributed by atoms with Gasteiger partial charge in [0.05, 0.1) is 10.9 Å². The number of nitrogens with zero attached hydrogens (tertiary/aromatic N) is 1. The number of hydrogen-bond donors (Lipinski definition) is 1. The molecule has 0 aliphatic heterocycles. The molecule has 3 nitrogen and oxygen atoms in total. The Morgan fingerprint density at radius 1 is 1.50 bits per heavy atom. The van der Waals surface area contributed by atoms with Crippen molar-refractivity contribution in [1.82, 2.24) is 9.97 Å². The van der Waals surface area contributed by atoms with Gasteiger partial charge in [0.15, 0.2) is 5.43 Å². The normalized spacial score (nSPS) is 10.4. The van der Waals surface area contributed by atoms with E-state index >= 15 is 0 Å². The standard InChI is InChI=1S/C8H5BrN2O/c9-8-3-6-5(4-11-8)7(12)1-2-10-6/h1-4H,(H,10,12). The number of H-pyrrole nitrogens is 1. The maximum absolute atomic E-state index is 11.2. The van der Waals surface area contributed by atoms with Crippen molar-refractivity contribution < 1.29 is 0 Å². The molecule has 4 heteroatoms. The van der Waals surface area contributed by atoms with Gasteiger partial charge in [-0.2, -0.15) is 0 Å². The summed E-state index contributed by atoms with van der Waals surface area (Å²) >= 11 is 3.22. The molecule has 0 atom stereocenters. The first-order valence-corrected chi connectivity index (χ1v) is 4.19. The van der Waals surface area contributed by atoms with Crippen LogP contribution in [0.2, 0.25) is 0 Å². The summed E-state index contributed by atoms with van der Waals surface area (Å²) in [5.41, 5.74) is 0.785. The summed E-state index contributed by atoms with van der Waals surface area (Å²) in [5.74, 6) is 0. The van der Waals surface area contributed by atoms with E-state index in [9.17, 15) is 4.79 Å². The summed E-state index contributed by atoms with van der Waals surface area (Å²) in [7, 11) is 0. The minimum absolute atomic E-state index is 0.0104. The zero-order valence-electron chi connectivity index (χ0n) is 6.04. The van der Waals surface area contributed by atoms with Crippen LogP contribution in [0.15, 0.2) is 33.9 Å². The van der Waals surface area contributed by atoms with Crippen LogP contribution in [-0.4, -0.2) is 9.97 Å². The molecule has 0 saturated carbocycles. The van der Waals surface area contributed by atoms with Crippen molar-refractivity contribution >= 4 is 26.8 Å². The highest BCUT2D eigenvalue weighted by molar-refractivity contribution is 9.10. The highest BCUT2D eigenvalue weighted by atomic mass is 79.9. The van der Waals surface area contributed by atoms with E-state index in [1.54, 1.807) is 18.5 Å². The zero-order chi connectivity index (χ0) is 8.55. The quantitative estimate of drug-likeness (QED) is 0.693. The van der Waals surface area contributed by atoms with Gasteiger partial charge in [-0.05, 0) is 22.0 Å².